The molecular weight excluding hydrogens is 304 g/mol. The first-order valence-electron chi connectivity index (χ1n) is 7.92. The SMILES string of the molecule is CN(Cc1ccc(S(=O)(=O)N2CCCC2)o1)CC(O)C1CC1. The van der Waals surface area contributed by atoms with Crippen LogP contribution in [0, 0.1) is 5.92 Å². The Balaban J connectivity index is 1.60. The third-order valence-corrected chi connectivity index (χ3v) is 6.16. The Bertz CT molecular complexity index is 603. The van der Waals surface area contributed by atoms with Crippen molar-refractivity contribution in [3.05, 3.63) is 17.9 Å². The molecule has 6 nitrogen and oxygen atoms in total. The summed E-state index contributed by atoms with van der Waals surface area (Å²) >= 11 is 0. The van der Waals surface area contributed by atoms with Gasteiger partial charge in [0.25, 0.3) is 10.0 Å². The van der Waals surface area contributed by atoms with Gasteiger partial charge in [0, 0.05) is 19.6 Å². The van der Waals surface area contributed by atoms with E-state index in [2.05, 4.69) is 0 Å². The lowest BCUT2D eigenvalue weighted by Gasteiger charge is -2.19. The summed E-state index contributed by atoms with van der Waals surface area (Å²) in [5, 5.41) is 9.97. The first-order valence-corrected chi connectivity index (χ1v) is 9.36. The molecule has 1 aliphatic heterocycles. The number of hydrogen-bond donors (Lipinski definition) is 1. The molecule has 1 unspecified atom stereocenters. The number of hydrogen-bond acceptors (Lipinski definition) is 5. The molecule has 0 bridgehead atoms. The molecule has 1 atom stereocenters. The lowest BCUT2D eigenvalue weighted by molar-refractivity contribution is 0.100. The van der Waals surface area contributed by atoms with Crippen LogP contribution in [0.25, 0.3) is 0 Å². The monoisotopic (exact) mass is 328 g/mol. The lowest BCUT2D eigenvalue weighted by Crippen LogP contribution is -2.30. The second-order valence-corrected chi connectivity index (χ2v) is 8.30. The van der Waals surface area contributed by atoms with Crippen LogP contribution in [0.4, 0.5) is 0 Å². The van der Waals surface area contributed by atoms with Gasteiger partial charge in [-0.25, -0.2) is 8.42 Å². The van der Waals surface area contributed by atoms with E-state index < -0.39 is 10.0 Å². The molecule has 1 saturated heterocycles. The van der Waals surface area contributed by atoms with E-state index in [1.54, 1.807) is 6.07 Å². The molecule has 22 heavy (non-hydrogen) atoms. The molecule has 3 rings (SSSR count). The Morgan fingerprint density at radius 2 is 2.05 bits per heavy atom. The number of furan rings is 1. The molecule has 2 fully saturated rings. The van der Waals surface area contributed by atoms with Crippen molar-refractivity contribution in [3.63, 3.8) is 0 Å². The molecule has 1 saturated carbocycles. The van der Waals surface area contributed by atoms with Crippen LogP contribution in [0.2, 0.25) is 0 Å². The average Bonchev–Trinajstić information content (AvgIpc) is 2.98. The fourth-order valence-corrected chi connectivity index (χ4v) is 4.36. The van der Waals surface area contributed by atoms with Crippen molar-refractivity contribution >= 4 is 10.0 Å². The Morgan fingerprint density at radius 1 is 1.36 bits per heavy atom. The van der Waals surface area contributed by atoms with Gasteiger partial charge in [0.15, 0.2) is 0 Å². The van der Waals surface area contributed by atoms with Gasteiger partial charge in [-0.15, -0.1) is 0 Å². The molecule has 0 aromatic carbocycles. The standard InChI is InChI=1S/C15H24N2O4S/c1-16(11-14(18)12-4-5-12)10-13-6-7-15(21-13)22(19,20)17-8-2-3-9-17/h6-7,12,14,18H,2-5,8-11H2,1H3. The number of nitrogens with zero attached hydrogens (tertiary/aromatic N) is 2. The van der Waals surface area contributed by atoms with Gasteiger partial charge >= 0.3 is 0 Å². The predicted molar refractivity (Wildman–Crippen MR) is 81.8 cm³/mol. The minimum atomic E-state index is -3.48. The van der Waals surface area contributed by atoms with Gasteiger partial charge in [0.05, 0.1) is 12.6 Å². The van der Waals surface area contributed by atoms with Crippen LogP contribution in [0.5, 0.6) is 0 Å². The van der Waals surface area contributed by atoms with Gasteiger partial charge in [-0.2, -0.15) is 4.31 Å². The third kappa shape index (κ3) is 3.53. The van der Waals surface area contributed by atoms with Crippen LogP contribution < -0.4 is 0 Å². The summed E-state index contributed by atoms with van der Waals surface area (Å²) < 4.78 is 31.8. The van der Waals surface area contributed by atoms with Crippen molar-refractivity contribution in [1.82, 2.24) is 9.21 Å². The molecule has 0 radical (unpaired) electrons. The second-order valence-electron chi connectivity index (χ2n) is 6.43. The maximum absolute atomic E-state index is 12.4. The maximum Gasteiger partial charge on any atom is 0.276 e. The largest absolute Gasteiger partial charge is 0.447 e. The summed E-state index contributed by atoms with van der Waals surface area (Å²) in [5.74, 6) is 1.05. The van der Waals surface area contributed by atoms with E-state index in [0.717, 1.165) is 25.7 Å². The van der Waals surface area contributed by atoms with Crippen molar-refractivity contribution in [2.75, 3.05) is 26.7 Å². The van der Waals surface area contributed by atoms with Crippen LogP contribution in [0.1, 0.15) is 31.4 Å². The van der Waals surface area contributed by atoms with Crippen LogP contribution in [0.15, 0.2) is 21.6 Å². The van der Waals surface area contributed by atoms with E-state index in [0.29, 0.717) is 37.9 Å². The van der Waals surface area contributed by atoms with Crippen LogP contribution in [-0.4, -0.2) is 55.5 Å². The maximum atomic E-state index is 12.4. The number of sulfonamides is 1. The fraction of sp³-hybridized carbons (Fsp3) is 0.733. The highest BCUT2D eigenvalue weighted by Gasteiger charge is 2.31. The van der Waals surface area contributed by atoms with Gasteiger partial charge < -0.3 is 9.52 Å². The summed E-state index contributed by atoms with van der Waals surface area (Å²) in [7, 11) is -1.58. The number of likely N-dealkylation sites (N-methyl/N-ethyl adjacent to an activating group) is 1. The van der Waals surface area contributed by atoms with E-state index in [1.807, 2.05) is 11.9 Å². The Hall–Kier alpha value is -0.890. The van der Waals surface area contributed by atoms with Crippen molar-refractivity contribution in [1.29, 1.82) is 0 Å². The molecule has 0 amide bonds. The van der Waals surface area contributed by atoms with Crippen LogP contribution in [-0.2, 0) is 16.6 Å². The molecule has 1 aliphatic carbocycles. The summed E-state index contributed by atoms with van der Waals surface area (Å²) in [5.41, 5.74) is 0. The quantitative estimate of drug-likeness (QED) is 0.816. The highest BCUT2D eigenvalue weighted by atomic mass is 32.2. The summed E-state index contributed by atoms with van der Waals surface area (Å²) in [4.78, 5) is 1.97. The molecule has 2 aliphatic rings. The lowest BCUT2D eigenvalue weighted by atomic mass is 10.2. The second kappa shape index (κ2) is 6.31. The van der Waals surface area contributed by atoms with Crippen molar-refractivity contribution in [3.8, 4) is 0 Å². The van der Waals surface area contributed by atoms with Crippen molar-refractivity contribution < 1.29 is 17.9 Å². The molecule has 0 spiro atoms. The van der Waals surface area contributed by atoms with Gasteiger partial charge in [0.1, 0.15) is 5.76 Å². The number of rotatable bonds is 7. The van der Waals surface area contributed by atoms with Crippen LogP contribution >= 0.6 is 0 Å². The van der Waals surface area contributed by atoms with E-state index in [1.165, 1.54) is 10.4 Å². The first kappa shape index (κ1) is 16.0. The highest BCUT2D eigenvalue weighted by Crippen LogP contribution is 2.33. The third-order valence-electron chi connectivity index (χ3n) is 4.39. The van der Waals surface area contributed by atoms with E-state index in [9.17, 15) is 13.5 Å². The molecule has 1 aromatic rings. The minimum Gasteiger partial charge on any atom is -0.447 e. The normalized spacial score (nSPS) is 21.6. The molecule has 7 heteroatoms. The zero-order valence-corrected chi connectivity index (χ0v) is 13.8. The minimum absolute atomic E-state index is 0.0283. The first-order chi connectivity index (χ1) is 10.5. The van der Waals surface area contributed by atoms with E-state index >= 15 is 0 Å². The van der Waals surface area contributed by atoms with Gasteiger partial charge in [-0.05, 0) is 50.8 Å². The molecule has 1 aromatic heterocycles. The van der Waals surface area contributed by atoms with Crippen molar-refractivity contribution in [2.24, 2.45) is 5.92 Å². The van der Waals surface area contributed by atoms with E-state index in [4.69, 9.17) is 4.42 Å². The van der Waals surface area contributed by atoms with Crippen LogP contribution in [0.3, 0.4) is 0 Å². The highest BCUT2D eigenvalue weighted by molar-refractivity contribution is 7.89. The summed E-state index contributed by atoms with van der Waals surface area (Å²) in [6, 6.07) is 3.25. The summed E-state index contributed by atoms with van der Waals surface area (Å²) in [6.45, 7) is 2.23. The van der Waals surface area contributed by atoms with Gasteiger partial charge in [-0.1, -0.05) is 0 Å². The average molecular weight is 328 g/mol. The Morgan fingerprint density at radius 3 is 2.68 bits per heavy atom. The number of aliphatic hydroxyl groups is 1. The van der Waals surface area contributed by atoms with Gasteiger partial charge in [0.2, 0.25) is 5.09 Å². The zero-order chi connectivity index (χ0) is 15.7. The van der Waals surface area contributed by atoms with E-state index in [-0.39, 0.29) is 11.2 Å². The topological polar surface area (TPSA) is 74.0 Å². The Labute approximate surface area is 131 Å². The molecule has 1 N–H and O–H groups in total. The zero-order valence-electron chi connectivity index (χ0n) is 12.9. The molecule has 124 valence electrons. The Kier molecular flexibility index (Phi) is 4.59. The van der Waals surface area contributed by atoms with Crippen molar-refractivity contribution in [2.45, 2.75) is 43.4 Å². The smallest absolute Gasteiger partial charge is 0.276 e. The molecular formula is C15H24N2O4S. The molecule has 2 heterocycles. The van der Waals surface area contributed by atoms with Gasteiger partial charge in [-0.3, -0.25) is 4.90 Å². The predicted octanol–water partition coefficient (Wildman–Crippen LogP) is 1.27. The number of aliphatic hydroxyl groups excluding tert-OH is 1. The summed E-state index contributed by atoms with van der Waals surface area (Å²) in [6.07, 6.45) is 3.73. The fourth-order valence-electron chi connectivity index (χ4n) is 2.92.